The first-order valence-corrected chi connectivity index (χ1v) is 7.27. The molecule has 2 fully saturated rings. The average molecular weight is 285 g/mol. The van der Waals surface area contributed by atoms with Gasteiger partial charge in [-0.3, -0.25) is 4.90 Å². The second-order valence-electron chi connectivity index (χ2n) is 5.54. The fourth-order valence-electron chi connectivity index (χ4n) is 3.08. The molecule has 2 heterocycles. The van der Waals surface area contributed by atoms with Crippen LogP contribution in [0, 0.1) is 0 Å². The molecule has 4 N–H and O–H groups in total. The van der Waals surface area contributed by atoms with Gasteiger partial charge in [-0.1, -0.05) is 6.42 Å². The normalized spacial score (nSPS) is 27.6. The molecule has 2 rings (SSSR count). The van der Waals surface area contributed by atoms with E-state index in [2.05, 4.69) is 15.5 Å². The van der Waals surface area contributed by atoms with E-state index in [4.69, 9.17) is 10.2 Å². The molecule has 114 valence electrons. The van der Waals surface area contributed by atoms with E-state index in [1.165, 1.54) is 12.8 Å². The summed E-state index contributed by atoms with van der Waals surface area (Å²) < 4.78 is 0. The molecule has 7 heteroatoms. The first-order valence-electron chi connectivity index (χ1n) is 7.27. The zero-order valence-corrected chi connectivity index (χ0v) is 11.5. The Kier molecular flexibility index (Phi) is 5.19. The molecule has 2 aliphatic rings. The van der Waals surface area contributed by atoms with Crippen LogP contribution in [0.4, 0.5) is 4.79 Å². The van der Waals surface area contributed by atoms with Crippen molar-refractivity contribution >= 4 is 12.0 Å². The number of nitrogens with zero attached hydrogens (tertiary/aromatic N) is 1. The van der Waals surface area contributed by atoms with Gasteiger partial charge in [0.1, 0.15) is 0 Å². The van der Waals surface area contributed by atoms with E-state index in [1.807, 2.05) is 0 Å². The first kappa shape index (κ1) is 15.1. The zero-order valence-electron chi connectivity index (χ0n) is 11.5. The minimum Gasteiger partial charge on any atom is -0.479 e. The van der Waals surface area contributed by atoms with Crippen molar-refractivity contribution in [3.05, 3.63) is 0 Å². The van der Waals surface area contributed by atoms with Crippen LogP contribution in [-0.2, 0) is 4.79 Å². The number of piperidine rings is 1. The Labute approximate surface area is 118 Å². The number of carbonyl (C=O) groups excluding carboxylic acids is 1. The Morgan fingerprint density at radius 2 is 2.05 bits per heavy atom. The molecular weight excluding hydrogens is 262 g/mol. The second kappa shape index (κ2) is 6.90. The highest BCUT2D eigenvalue weighted by Gasteiger charge is 2.36. The van der Waals surface area contributed by atoms with E-state index in [0.29, 0.717) is 6.04 Å². The van der Waals surface area contributed by atoms with Crippen LogP contribution >= 0.6 is 0 Å². The van der Waals surface area contributed by atoms with Crippen LogP contribution in [-0.4, -0.2) is 64.9 Å². The maximum atomic E-state index is 11.8. The molecule has 0 aliphatic carbocycles. The largest absolute Gasteiger partial charge is 0.479 e. The number of urea groups is 1. The van der Waals surface area contributed by atoms with Crippen molar-refractivity contribution in [1.82, 2.24) is 15.5 Å². The van der Waals surface area contributed by atoms with Gasteiger partial charge in [-0.2, -0.15) is 0 Å². The Morgan fingerprint density at radius 3 is 2.80 bits per heavy atom. The third kappa shape index (κ3) is 3.83. The summed E-state index contributed by atoms with van der Waals surface area (Å²) in [4.78, 5) is 24.6. The van der Waals surface area contributed by atoms with Crippen LogP contribution in [0.25, 0.3) is 0 Å². The molecule has 2 unspecified atom stereocenters. The van der Waals surface area contributed by atoms with Gasteiger partial charge in [0.05, 0.1) is 0 Å². The van der Waals surface area contributed by atoms with Gasteiger partial charge < -0.3 is 20.8 Å². The second-order valence-corrected chi connectivity index (χ2v) is 5.54. The number of aliphatic hydroxyl groups is 1. The lowest BCUT2D eigenvalue weighted by molar-refractivity contribution is -0.146. The predicted molar refractivity (Wildman–Crippen MR) is 72.4 cm³/mol. The number of carboxylic acid groups (broad SMARTS) is 1. The maximum Gasteiger partial charge on any atom is 0.332 e. The summed E-state index contributed by atoms with van der Waals surface area (Å²) in [5, 5.41) is 23.2. The lowest BCUT2D eigenvalue weighted by atomic mass is 9.99. The van der Waals surface area contributed by atoms with Crippen LogP contribution in [0.5, 0.6) is 0 Å². The Hall–Kier alpha value is -1.34. The topological polar surface area (TPSA) is 102 Å². The number of hydrogen-bond acceptors (Lipinski definition) is 4. The van der Waals surface area contributed by atoms with E-state index in [9.17, 15) is 9.59 Å². The molecule has 0 aromatic rings. The van der Waals surface area contributed by atoms with Crippen molar-refractivity contribution in [1.29, 1.82) is 0 Å². The fourth-order valence-corrected chi connectivity index (χ4v) is 3.08. The van der Waals surface area contributed by atoms with Gasteiger partial charge in [0.15, 0.2) is 6.10 Å². The molecule has 0 spiro atoms. The molecular formula is C13H23N3O4. The minimum atomic E-state index is -1.42. The Bertz CT molecular complexity index is 364. The van der Waals surface area contributed by atoms with Crippen LogP contribution in [0.15, 0.2) is 0 Å². The molecule has 20 heavy (non-hydrogen) atoms. The van der Waals surface area contributed by atoms with Crippen LogP contribution < -0.4 is 10.6 Å². The van der Waals surface area contributed by atoms with Gasteiger partial charge >= 0.3 is 12.0 Å². The van der Waals surface area contributed by atoms with Gasteiger partial charge in [-0.15, -0.1) is 0 Å². The molecule has 3 atom stereocenters. The summed E-state index contributed by atoms with van der Waals surface area (Å²) >= 11 is 0. The van der Waals surface area contributed by atoms with Crippen molar-refractivity contribution in [3.63, 3.8) is 0 Å². The highest BCUT2D eigenvalue weighted by Crippen LogP contribution is 2.26. The maximum absolute atomic E-state index is 11.8. The number of aliphatic carboxylic acids is 1. The number of amides is 2. The SMILES string of the molecule is O=C(NCC[C@H](O)C(=O)O)NC1CCN2CCCCC12. The summed E-state index contributed by atoms with van der Waals surface area (Å²) in [5.41, 5.74) is 0. The number of fused-ring (bicyclic) bond motifs is 1. The third-order valence-corrected chi connectivity index (χ3v) is 4.16. The van der Waals surface area contributed by atoms with Gasteiger partial charge in [0.2, 0.25) is 0 Å². The Balaban J connectivity index is 1.68. The van der Waals surface area contributed by atoms with Crippen molar-refractivity contribution < 1.29 is 19.8 Å². The smallest absolute Gasteiger partial charge is 0.332 e. The first-order chi connectivity index (χ1) is 9.58. The molecule has 2 saturated heterocycles. The molecule has 2 amide bonds. The third-order valence-electron chi connectivity index (χ3n) is 4.16. The van der Waals surface area contributed by atoms with E-state index < -0.39 is 12.1 Å². The summed E-state index contributed by atoms with van der Waals surface area (Å²) in [7, 11) is 0. The fraction of sp³-hybridized carbons (Fsp3) is 0.846. The van der Waals surface area contributed by atoms with Crippen LogP contribution in [0.1, 0.15) is 32.1 Å². The minimum absolute atomic E-state index is 0.0168. The number of carboxylic acids is 1. The van der Waals surface area contributed by atoms with Gasteiger partial charge in [0.25, 0.3) is 0 Å². The number of hydrogen-bond donors (Lipinski definition) is 4. The average Bonchev–Trinajstić information content (AvgIpc) is 2.82. The van der Waals surface area contributed by atoms with Crippen molar-refractivity contribution in [3.8, 4) is 0 Å². The van der Waals surface area contributed by atoms with E-state index in [-0.39, 0.29) is 25.0 Å². The van der Waals surface area contributed by atoms with Gasteiger partial charge in [-0.05, 0) is 25.8 Å². The van der Waals surface area contributed by atoms with E-state index in [0.717, 1.165) is 25.9 Å². The van der Waals surface area contributed by atoms with Crippen molar-refractivity contribution in [2.45, 2.75) is 50.3 Å². The number of carbonyl (C=O) groups is 2. The highest BCUT2D eigenvalue weighted by molar-refractivity contribution is 5.75. The molecule has 2 aliphatic heterocycles. The number of nitrogens with one attached hydrogen (secondary N) is 2. The van der Waals surface area contributed by atoms with Crippen molar-refractivity contribution in [2.24, 2.45) is 0 Å². The quantitative estimate of drug-likeness (QED) is 0.558. The molecule has 0 aromatic heterocycles. The number of aliphatic hydroxyl groups excluding tert-OH is 1. The lowest BCUT2D eigenvalue weighted by Crippen LogP contribution is -2.50. The van der Waals surface area contributed by atoms with Gasteiger partial charge in [-0.25, -0.2) is 9.59 Å². The monoisotopic (exact) mass is 285 g/mol. The highest BCUT2D eigenvalue weighted by atomic mass is 16.4. The molecule has 0 saturated carbocycles. The number of rotatable bonds is 5. The molecule has 0 radical (unpaired) electrons. The van der Waals surface area contributed by atoms with Gasteiger partial charge in [0, 0.05) is 31.6 Å². The molecule has 0 bridgehead atoms. The van der Waals surface area contributed by atoms with E-state index >= 15 is 0 Å². The summed E-state index contributed by atoms with van der Waals surface area (Å²) in [6, 6.07) is 0.346. The molecule has 0 aromatic carbocycles. The standard InChI is InChI=1S/C13H23N3O4/c17-11(12(18)19)4-6-14-13(20)15-9-5-8-16-7-2-1-3-10(9)16/h9-11,17H,1-8H2,(H,18,19)(H2,14,15,20)/t9?,10?,11-/m0/s1. The summed E-state index contributed by atoms with van der Waals surface area (Å²) in [6.45, 7) is 2.31. The van der Waals surface area contributed by atoms with Crippen LogP contribution in [0.2, 0.25) is 0 Å². The lowest BCUT2D eigenvalue weighted by Gasteiger charge is -2.32. The summed E-state index contributed by atoms with van der Waals surface area (Å²) in [5.74, 6) is -1.26. The van der Waals surface area contributed by atoms with Crippen molar-refractivity contribution in [2.75, 3.05) is 19.6 Å². The Morgan fingerprint density at radius 1 is 1.25 bits per heavy atom. The molecule has 7 nitrogen and oxygen atoms in total. The predicted octanol–water partition coefficient (Wildman–Crippen LogP) is -0.252. The zero-order chi connectivity index (χ0) is 14.5. The summed E-state index contributed by atoms with van der Waals surface area (Å²) in [6.07, 6.45) is 3.14. The van der Waals surface area contributed by atoms with E-state index in [1.54, 1.807) is 0 Å². The van der Waals surface area contributed by atoms with Crippen LogP contribution in [0.3, 0.4) is 0 Å².